The fourth-order valence-electron chi connectivity index (χ4n) is 2.58. The first-order chi connectivity index (χ1) is 13.1. The minimum atomic E-state index is -0.351. The molecule has 3 rings (SSSR count). The standard InChI is InChI=1S/C19H21N5O3/c1-24-15(16-7-3-10-27-16)12-17(23-24)22-19(26)14-6-2-5-13(11-14)18(25)21-9-4-8-20/h2-3,5-7,10-12H,4,8-9,20H2,1H3,(H,21,25)(H,22,23,26). The van der Waals surface area contributed by atoms with Gasteiger partial charge in [-0.25, -0.2) is 0 Å². The molecule has 4 N–H and O–H groups in total. The lowest BCUT2D eigenvalue weighted by Crippen LogP contribution is -2.26. The minimum absolute atomic E-state index is 0.240. The fraction of sp³-hybridized carbons (Fsp3) is 0.211. The van der Waals surface area contributed by atoms with E-state index in [2.05, 4.69) is 15.7 Å². The Morgan fingerprint density at radius 1 is 1.15 bits per heavy atom. The van der Waals surface area contributed by atoms with Crippen molar-refractivity contribution >= 4 is 17.6 Å². The first kappa shape index (κ1) is 18.4. The molecule has 1 aromatic carbocycles. The third-order valence-corrected chi connectivity index (χ3v) is 3.95. The molecule has 0 aliphatic carbocycles. The van der Waals surface area contributed by atoms with Gasteiger partial charge in [-0.15, -0.1) is 0 Å². The molecule has 8 heteroatoms. The summed E-state index contributed by atoms with van der Waals surface area (Å²) in [5.74, 6) is 0.458. The van der Waals surface area contributed by atoms with E-state index in [1.807, 2.05) is 6.07 Å². The SMILES string of the molecule is Cn1nc(NC(=O)c2cccc(C(=O)NCCCN)c2)cc1-c1ccco1. The Hall–Kier alpha value is -3.39. The average Bonchev–Trinajstić information content (AvgIpc) is 3.31. The van der Waals surface area contributed by atoms with Crippen molar-refractivity contribution in [2.24, 2.45) is 12.8 Å². The predicted octanol–water partition coefficient (Wildman–Crippen LogP) is 2.01. The second kappa shape index (κ2) is 8.33. The molecule has 0 unspecified atom stereocenters. The lowest BCUT2D eigenvalue weighted by molar-refractivity contribution is 0.0953. The van der Waals surface area contributed by atoms with Crippen LogP contribution in [0.5, 0.6) is 0 Å². The lowest BCUT2D eigenvalue weighted by Gasteiger charge is -2.06. The second-order valence-corrected chi connectivity index (χ2v) is 5.95. The maximum Gasteiger partial charge on any atom is 0.256 e. The molecule has 27 heavy (non-hydrogen) atoms. The molecule has 0 saturated heterocycles. The Morgan fingerprint density at radius 2 is 1.93 bits per heavy atom. The number of anilines is 1. The summed E-state index contributed by atoms with van der Waals surface area (Å²) >= 11 is 0. The van der Waals surface area contributed by atoms with Crippen molar-refractivity contribution in [3.8, 4) is 11.5 Å². The number of nitrogens with zero attached hydrogens (tertiary/aromatic N) is 2. The van der Waals surface area contributed by atoms with E-state index in [-0.39, 0.29) is 11.8 Å². The van der Waals surface area contributed by atoms with Gasteiger partial charge in [0.15, 0.2) is 11.6 Å². The number of amides is 2. The van der Waals surface area contributed by atoms with Crippen molar-refractivity contribution in [2.75, 3.05) is 18.4 Å². The first-order valence-electron chi connectivity index (χ1n) is 8.56. The molecular formula is C19H21N5O3. The molecule has 0 aliphatic heterocycles. The van der Waals surface area contributed by atoms with Crippen LogP contribution in [0.3, 0.4) is 0 Å². The van der Waals surface area contributed by atoms with Crippen molar-refractivity contribution in [1.82, 2.24) is 15.1 Å². The third kappa shape index (κ3) is 4.42. The van der Waals surface area contributed by atoms with Crippen molar-refractivity contribution in [1.29, 1.82) is 0 Å². The molecular weight excluding hydrogens is 346 g/mol. The van der Waals surface area contributed by atoms with E-state index >= 15 is 0 Å². The summed E-state index contributed by atoms with van der Waals surface area (Å²) in [5.41, 5.74) is 6.94. The number of aromatic nitrogens is 2. The zero-order valence-corrected chi connectivity index (χ0v) is 14.9. The molecule has 0 spiro atoms. The second-order valence-electron chi connectivity index (χ2n) is 5.95. The van der Waals surface area contributed by atoms with Gasteiger partial charge in [-0.2, -0.15) is 5.10 Å². The van der Waals surface area contributed by atoms with Crippen LogP contribution in [0.15, 0.2) is 53.1 Å². The minimum Gasteiger partial charge on any atom is -0.463 e. The molecule has 3 aromatic rings. The highest BCUT2D eigenvalue weighted by molar-refractivity contribution is 6.05. The van der Waals surface area contributed by atoms with Crippen molar-refractivity contribution < 1.29 is 14.0 Å². The molecule has 0 aliphatic rings. The van der Waals surface area contributed by atoms with Gasteiger partial charge in [0.1, 0.15) is 5.69 Å². The van der Waals surface area contributed by atoms with Crippen LogP contribution >= 0.6 is 0 Å². The van der Waals surface area contributed by atoms with Crippen LogP contribution in [0.1, 0.15) is 27.1 Å². The van der Waals surface area contributed by atoms with E-state index in [1.54, 1.807) is 54.4 Å². The number of nitrogens with two attached hydrogens (primary N) is 1. The number of nitrogens with one attached hydrogen (secondary N) is 2. The van der Waals surface area contributed by atoms with Gasteiger partial charge in [-0.05, 0) is 43.3 Å². The highest BCUT2D eigenvalue weighted by atomic mass is 16.3. The Bertz CT molecular complexity index is 931. The van der Waals surface area contributed by atoms with Gasteiger partial charge >= 0.3 is 0 Å². The summed E-state index contributed by atoms with van der Waals surface area (Å²) in [6.45, 7) is 1.00. The zero-order valence-electron chi connectivity index (χ0n) is 14.9. The molecule has 0 saturated carbocycles. The number of furan rings is 1. The number of hydrogen-bond acceptors (Lipinski definition) is 5. The topological polar surface area (TPSA) is 115 Å². The van der Waals surface area contributed by atoms with Crippen LogP contribution in [0.4, 0.5) is 5.82 Å². The van der Waals surface area contributed by atoms with Gasteiger partial charge in [0.05, 0.1) is 6.26 Å². The molecule has 0 fully saturated rings. The summed E-state index contributed by atoms with van der Waals surface area (Å²) in [6, 6.07) is 11.8. The van der Waals surface area contributed by atoms with Gasteiger partial charge in [0, 0.05) is 30.8 Å². The van der Waals surface area contributed by atoms with Gasteiger partial charge < -0.3 is 20.8 Å². The van der Waals surface area contributed by atoms with Gasteiger partial charge in [0.25, 0.3) is 11.8 Å². The fourth-order valence-corrected chi connectivity index (χ4v) is 2.58. The molecule has 0 bridgehead atoms. The van der Waals surface area contributed by atoms with E-state index in [1.165, 1.54) is 0 Å². The number of benzene rings is 1. The molecule has 2 amide bonds. The van der Waals surface area contributed by atoms with Crippen LogP contribution in [0.25, 0.3) is 11.5 Å². The normalized spacial score (nSPS) is 10.6. The Balaban J connectivity index is 1.71. The van der Waals surface area contributed by atoms with Crippen molar-refractivity contribution in [3.63, 3.8) is 0 Å². The summed E-state index contributed by atoms with van der Waals surface area (Å²) < 4.78 is 6.98. The summed E-state index contributed by atoms with van der Waals surface area (Å²) in [7, 11) is 1.76. The van der Waals surface area contributed by atoms with Gasteiger partial charge in [-0.1, -0.05) is 6.07 Å². The van der Waals surface area contributed by atoms with E-state index in [9.17, 15) is 9.59 Å². The first-order valence-corrected chi connectivity index (χ1v) is 8.56. The van der Waals surface area contributed by atoms with Crippen molar-refractivity contribution in [3.05, 3.63) is 59.9 Å². The summed E-state index contributed by atoms with van der Waals surface area (Å²) in [6.07, 6.45) is 2.27. The zero-order chi connectivity index (χ0) is 19.2. The van der Waals surface area contributed by atoms with Crippen LogP contribution in [0.2, 0.25) is 0 Å². The monoisotopic (exact) mass is 367 g/mol. The molecule has 8 nitrogen and oxygen atoms in total. The Kier molecular flexibility index (Phi) is 5.68. The Morgan fingerprint density at radius 3 is 2.63 bits per heavy atom. The van der Waals surface area contributed by atoms with Gasteiger partial charge in [0.2, 0.25) is 0 Å². The summed E-state index contributed by atoms with van der Waals surface area (Å²) in [5, 5.41) is 9.78. The quantitative estimate of drug-likeness (QED) is 0.553. The summed E-state index contributed by atoms with van der Waals surface area (Å²) in [4.78, 5) is 24.6. The van der Waals surface area contributed by atoms with E-state index in [0.717, 1.165) is 5.69 Å². The third-order valence-electron chi connectivity index (χ3n) is 3.95. The molecule has 140 valence electrons. The smallest absolute Gasteiger partial charge is 0.256 e. The number of carbonyl (C=O) groups excluding carboxylic acids is 2. The molecule has 2 aromatic heterocycles. The van der Waals surface area contributed by atoms with Crippen LogP contribution in [-0.2, 0) is 7.05 Å². The maximum absolute atomic E-state index is 12.5. The molecule has 2 heterocycles. The van der Waals surface area contributed by atoms with E-state index < -0.39 is 0 Å². The van der Waals surface area contributed by atoms with Crippen molar-refractivity contribution in [2.45, 2.75) is 6.42 Å². The highest BCUT2D eigenvalue weighted by Crippen LogP contribution is 2.22. The van der Waals surface area contributed by atoms with E-state index in [0.29, 0.717) is 42.2 Å². The number of aryl methyl sites for hydroxylation is 1. The largest absolute Gasteiger partial charge is 0.463 e. The number of hydrogen-bond donors (Lipinski definition) is 3. The van der Waals surface area contributed by atoms with Gasteiger partial charge in [-0.3, -0.25) is 14.3 Å². The number of carbonyl (C=O) groups is 2. The number of rotatable bonds is 7. The predicted molar refractivity (Wildman–Crippen MR) is 101 cm³/mol. The highest BCUT2D eigenvalue weighted by Gasteiger charge is 2.14. The Labute approximate surface area is 156 Å². The molecule has 0 atom stereocenters. The van der Waals surface area contributed by atoms with E-state index in [4.69, 9.17) is 10.2 Å². The van der Waals surface area contributed by atoms with Crippen LogP contribution in [0, 0.1) is 0 Å². The average molecular weight is 367 g/mol. The maximum atomic E-state index is 12.5. The lowest BCUT2D eigenvalue weighted by atomic mass is 10.1. The van der Waals surface area contributed by atoms with Crippen LogP contribution in [-0.4, -0.2) is 34.7 Å². The van der Waals surface area contributed by atoms with Crippen LogP contribution < -0.4 is 16.4 Å². The molecule has 0 radical (unpaired) electrons.